The van der Waals surface area contributed by atoms with E-state index < -0.39 is 0 Å². The number of para-hydroxylation sites is 2. The van der Waals surface area contributed by atoms with E-state index in [0.717, 1.165) is 22.7 Å². The molecule has 0 aliphatic heterocycles. The molecule has 3 aromatic rings. The Morgan fingerprint density at radius 3 is 2.52 bits per heavy atom. The van der Waals surface area contributed by atoms with Crippen molar-refractivity contribution < 1.29 is 9.53 Å². The van der Waals surface area contributed by atoms with Gasteiger partial charge in [0.2, 0.25) is 0 Å². The van der Waals surface area contributed by atoms with Gasteiger partial charge in [-0.2, -0.15) is 0 Å². The lowest BCUT2D eigenvalue weighted by molar-refractivity contribution is -0.113. The normalized spacial score (nSPS) is 10.8. The first-order valence-electron chi connectivity index (χ1n) is 7.81. The number of methoxy groups -OCH3 is 1. The largest absolute Gasteiger partial charge is 0.496 e. The number of ether oxygens (including phenoxy) is 1. The van der Waals surface area contributed by atoms with Crippen LogP contribution in [0, 0.1) is 6.92 Å². The van der Waals surface area contributed by atoms with Crippen LogP contribution in [0.1, 0.15) is 11.3 Å². The molecule has 126 valence electrons. The van der Waals surface area contributed by atoms with Crippen molar-refractivity contribution in [1.82, 2.24) is 4.98 Å². The molecule has 0 unspecified atom stereocenters. The van der Waals surface area contributed by atoms with Crippen LogP contribution in [0.2, 0.25) is 0 Å². The van der Waals surface area contributed by atoms with Crippen molar-refractivity contribution in [2.75, 3.05) is 12.0 Å². The summed E-state index contributed by atoms with van der Waals surface area (Å²) < 4.78 is 5.32. The minimum Gasteiger partial charge on any atom is -0.496 e. The fourth-order valence-electron chi connectivity index (χ4n) is 2.39. The second kappa shape index (κ2) is 7.77. The zero-order valence-electron chi connectivity index (χ0n) is 14.0. The third-order valence-electron chi connectivity index (χ3n) is 3.58. The molecule has 0 atom stereocenters. The number of carbonyl (C=O) groups excluding carboxylic acids is 1. The second-order valence-corrected chi connectivity index (χ2v) is 6.19. The number of aromatic nitrogens is 1. The van der Waals surface area contributed by atoms with Crippen molar-refractivity contribution in [3.63, 3.8) is 0 Å². The summed E-state index contributed by atoms with van der Waals surface area (Å²) >= 11 is 1.45. The molecule has 0 aliphatic carbocycles. The molecule has 4 nitrogen and oxygen atoms in total. The number of hydrogen-bond acceptors (Lipinski definition) is 4. The molecule has 2 aromatic carbocycles. The lowest BCUT2D eigenvalue weighted by Crippen LogP contribution is -2.23. The van der Waals surface area contributed by atoms with E-state index in [1.54, 1.807) is 24.2 Å². The van der Waals surface area contributed by atoms with Crippen molar-refractivity contribution in [1.29, 1.82) is 0 Å². The minimum absolute atomic E-state index is 0.161. The monoisotopic (exact) mass is 350 g/mol. The van der Waals surface area contributed by atoms with Crippen LogP contribution < -0.4 is 9.64 Å². The summed E-state index contributed by atoms with van der Waals surface area (Å²) in [5.74, 6) is 0.564. The Kier molecular flexibility index (Phi) is 5.26. The maximum absolute atomic E-state index is 12.9. The highest BCUT2D eigenvalue weighted by atomic mass is 32.1. The number of thiazole rings is 1. The van der Waals surface area contributed by atoms with Crippen LogP contribution in [0.3, 0.4) is 0 Å². The van der Waals surface area contributed by atoms with Crippen molar-refractivity contribution in [2.45, 2.75) is 6.92 Å². The van der Waals surface area contributed by atoms with Gasteiger partial charge in [0.05, 0.1) is 18.5 Å². The van der Waals surface area contributed by atoms with E-state index in [-0.39, 0.29) is 5.91 Å². The Morgan fingerprint density at radius 2 is 1.84 bits per heavy atom. The minimum atomic E-state index is -0.161. The van der Waals surface area contributed by atoms with Crippen molar-refractivity contribution >= 4 is 34.1 Å². The Balaban J connectivity index is 1.93. The van der Waals surface area contributed by atoms with Gasteiger partial charge < -0.3 is 4.74 Å². The van der Waals surface area contributed by atoms with Gasteiger partial charge in [0.1, 0.15) is 5.75 Å². The van der Waals surface area contributed by atoms with E-state index in [2.05, 4.69) is 4.98 Å². The molecular formula is C20H18N2O2S. The summed E-state index contributed by atoms with van der Waals surface area (Å²) in [6.07, 6.45) is 3.30. The molecular weight excluding hydrogens is 332 g/mol. The van der Waals surface area contributed by atoms with Gasteiger partial charge in [0.25, 0.3) is 5.91 Å². The Morgan fingerprint density at radius 1 is 1.12 bits per heavy atom. The number of carbonyl (C=O) groups is 1. The average Bonchev–Trinajstić information content (AvgIpc) is 3.07. The molecule has 25 heavy (non-hydrogen) atoms. The molecule has 0 N–H and O–H groups in total. The van der Waals surface area contributed by atoms with E-state index in [0.29, 0.717) is 5.13 Å². The number of aryl methyl sites for hydroxylation is 1. The standard InChI is InChI=1S/C20H18N2O2S/c1-15-14-25-20(21-15)22(17-9-4-3-5-10-17)19(23)13-12-16-8-6-7-11-18(16)24-2/h3-14H,1-2H3/b13-12+. The van der Waals surface area contributed by atoms with Gasteiger partial charge in [-0.05, 0) is 31.2 Å². The molecule has 3 rings (SSSR count). The summed E-state index contributed by atoms with van der Waals surface area (Å²) in [6, 6.07) is 17.1. The first kappa shape index (κ1) is 16.9. The van der Waals surface area contributed by atoms with E-state index in [4.69, 9.17) is 4.74 Å². The van der Waals surface area contributed by atoms with Crippen molar-refractivity contribution in [2.24, 2.45) is 0 Å². The number of anilines is 2. The number of amides is 1. The molecule has 0 fully saturated rings. The molecule has 0 aliphatic rings. The van der Waals surface area contributed by atoms with Gasteiger partial charge >= 0.3 is 0 Å². The van der Waals surface area contributed by atoms with Gasteiger partial charge in [-0.1, -0.05) is 36.4 Å². The number of nitrogens with zero attached hydrogens (tertiary/aromatic N) is 2. The number of hydrogen-bond donors (Lipinski definition) is 0. The fraction of sp³-hybridized carbons (Fsp3) is 0.100. The number of benzene rings is 2. The predicted octanol–water partition coefficient (Wildman–Crippen LogP) is 4.84. The van der Waals surface area contributed by atoms with Crippen LogP contribution in [0.25, 0.3) is 6.08 Å². The molecule has 1 heterocycles. The van der Waals surface area contributed by atoms with Crippen molar-refractivity contribution in [3.05, 3.63) is 77.3 Å². The van der Waals surface area contributed by atoms with Gasteiger partial charge in [0, 0.05) is 17.0 Å². The van der Waals surface area contributed by atoms with Gasteiger partial charge in [-0.3, -0.25) is 9.69 Å². The van der Waals surface area contributed by atoms with Crippen molar-refractivity contribution in [3.8, 4) is 5.75 Å². The smallest absolute Gasteiger partial charge is 0.257 e. The molecule has 0 radical (unpaired) electrons. The Labute approximate surface area is 151 Å². The Hall–Kier alpha value is -2.92. The molecule has 0 spiro atoms. The molecule has 0 saturated heterocycles. The highest BCUT2D eigenvalue weighted by molar-refractivity contribution is 7.14. The SMILES string of the molecule is COc1ccccc1/C=C/C(=O)N(c1ccccc1)c1nc(C)cs1. The topological polar surface area (TPSA) is 42.4 Å². The average molecular weight is 350 g/mol. The summed E-state index contributed by atoms with van der Waals surface area (Å²) in [4.78, 5) is 19.0. The van der Waals surface area contributed by atoms with Crippen LogP contribution in [0.4, 0.5) is 10.8 Å². The quantitative estimate of drug-likeness (QED) is 0.619. The molecule has 0 bridgehead atoms. The van der Waals surface area contributed by atoms with Crippen LogP contribution in [0.5, 0.6) is 5.75 Å². The van der Waals surface area contributed by atoms with Crippen LogP contribution >= 0.6 is 11.3 Å². The number of rotatable bonds is 5. The zero-order chi connectivity index (χ0) is 17.6. The second-order valence-electron chi connectivity index (χ2n) is 5.36. The maximum atomic E-state index is 12.9. The molecule has 1 amide bonds. The van der Waals surface area contributed by atoms with E-state index >= 15 is 0 Å². The first-order valence-corrected chi connectivity index (χ1v) is 8.69. The Bertz CT molecular complexity index is 887. The van der Waals surface area contributed by atoms with Crippen LogP contribution in [-0.4, -0.2) is 18.0 Å². The van der Waals surface area contributed by atoms with E-state index in [1.807, 2.05) is 66.9 Å². The first-order chi connectivity index (χ1) is 12.2. The molecule has 5 heteroatoms. The van der Waals surface area contributed by atoms with Gasteiger partial charge in [0.15, 0.2) is 5.13 Å². The summed E-state index contributed by atoms with van der Waals surface area (Å²) in [5, 5.41) is 2.58. The fourth-order valence-corrected chi connectivity index (χ4v) is 3.22. The van der Waals surface area contributed by atoms with Gasteiger partial charge in [-0.15, -0.1) is 11.3 Å². The summed E-state index contributed by atoms with van der Waals surface area (Å²) in [6.45, 7) is 1.92. The molecule has 0 saturated carbocycles. The lowest BCUT2D eigenvalue weighted by Gasteiger charge is -2.18. The van der Waals surface area contributed by atoms with E-state index in [1.165, 1.54) is 11.3 Å². The van der Waals surface area contributed by atoms with E-state index in [9.17, 15) is 4.79 Å². The van der Waals surface area contributed by atoms with Crippen LogP contribution in [-0.2, 0) is 4.79 Å². The zero-order valence-corrected chi connectivity index (χ0v) is 14.9. The summed E-state index contributed by atoms with van der Waals surface area (Å²) in [5.41, 5.74) is 2.52. The van der Waals surface area contributed by atoms with Crippen LogP contribution in [0.15, 0.2) is 66.1 Å². The lowest BCUT2D eigenvalue weighted by atomic mass is 10.2. The van der Waals surface area contributed by atoms with Gasteiger partial charge in [-0.25, -0.2) is 4.98 Å². The molecule has 1 aromatic heterocycles. The highest BCUT2D eigenvalue weighted by Gasteiger charge is 2.18. The third-order valence-corrected chi connectivity index (χ3v) is 4.52. The third kappa shape index (κ3) is 3.95. The highest BCUT2D eigenvalue weighted by Crippen LogP contribution is 2.29. The maximum Gasteiger partial charge on any atom is 0.257 e. The predicted molar refractivity (Wildman–Crippen MR) is 102 cm³/mol. The summed E-state index contributed by atoms with van der Waals surface area (Å²) in [7, 11) is 1.61.